The van der Waals surface area contributed by atoms with Crippen molar-refractivity contribution in [3.8, 4) is 11.1 Å². The molecule has 0 aliphatic carbocycles. The number of furan rings is 1. The normalized spacial score (nSPS) is 11.5. The van der Waals surface area contributed by atoms with E-state index in [1.54, 1.807) is 0 Å². The maximum absolute atomic E-state index is 6.35. The lowest BCUT2D eigenvalue weighted by atomic mass is 9.91. The summed E-state index contributed by atoms with van der Waals surface area (Å²) in [6, 6.07) is 52.0. The Labute approximate surface area is 238 Å². The minimum atomic E-state index is 0.883. The minimum Gasteiger partial charge on any atom is -0.456 e. The van der Waals surface area contributed by atoms with E-state index in [0.29, 0.717) is 0 Å². The first-order valence-electron chi connectivity index (χ1n) is 14.0. The van der Waals surface area contributed by atoms with Crippen LogP contribution in [0.25, 0.3) is 54.6 Å². The lowest BCUT2D eigenvalue weighted by Crippen LogP contribution is -2.12. The van der Waals surface area contributed by atoms with Gasteiger partial charge in [-0.2, -0.15) is 0 Å². The molecule has 0 spiro atoms. The summed E-state index contributed by atoms with van der Waals surface area (Å²) in [4.78, 5) is 2.41. The molecule has 0 N–H and O–H groups in total. The van der Waals surface area contributed by atoms with E-state index in [2.05, 4.69) is 145 Å². The van der Waals surface area contributed by atoms with E-state index in [1.165, 1.54) is 38.2 Å². The fourth-order valence-corrected chi connectivity index (χ4v) is 6.22. The molecule has 2 heteroatoms. The SMILES string of the molecule is Cc1ccc(N(c2ccc3ccccc3c2-c2cccc3ccccc23)c2cccc3oc4ccccc4c23)cc1. The fourth-order valence-electron chi connectivity index (χ4n) is 6.22. The van der Waals surface area contributed by atoms with Gasteiger partial charge in [0.15, 0.2) is 0 Å². The zero-order chi connectivity index (χ0) is 27.3. The Morgan fingerprint density at radius 1 is 0.463 bits per heavy atom. The summed E-state index contributed by atoms with van der Waals surface area (Å²) in [5, 5.41) is 7.14. The molecule has 0 unspecified atom stereocenters. The Bertz CT molecular complexity index is 2220. The van der Waals surface area contributed by atoms with E-state index < -0.39 is 0 Å². The zero-order valence-corrected chi connectivity index (χ0v) is 22.7. The van der Waals surface area contributed by atoms with Crippen molar-refractivity contribution >= 4 is 60.5 Å². The van der Waals surface area contributed by atoms with E-state index in [0.717, 1.165) is 39.0 Å². The van der Waals surface area contributed by atoms with Crippen molar-refractivity contribution in [2.24, 2.45) is 0 Å². The molecule has 0 fully saturated rings. The van der Waals surface area contributed by atoms with Gasteiger partial charge < -0.3 is 9.32 Å². The predicted octanol–water partition coefficient (Wildman–Crippen LogP) is 11.3. The van der Waals surface area contributed by atoms with Crippen LogP contribution in [0.3, 0.4) is 0 Å². The molecule has 41 heavy (non-hydrogen) atoms. The molecule has 0 saturated carbocycles. The highest BCUT2D eigenvalue weighted by Gasteiger charge is 2.23. The Hall–Kier alpha value is -5.34. The number of hydrogen-bond donors (Lipinski definition) is 0. The molecule has 1 aromatic heterocycles. The van der Waals surface area contributed by atoms with Crippen LogP contribution in [0.1, 0.15) is 5.56 Å². The lowest BCUT2D eigenvalue weighted by Gasteiger charge is -2.29. The van der Waals surface area contributed by atoms with E-state index in [-0.39, 0.29) is 0 Å². The van der Waals surface area contributed by atoms with Crippen LogP contribution in [0.15, 0.2) is 150 Å². The number of para-hydroxylation sites is 1. The molecule has 0 aliphatic heterocycles. The summed E-state index contributed by atoms with van der Waals surface area (Å²) in [5.74, 6) is 0. The van der Waals surface area contributed by atoms with Crippen LogP contribution in [0.5, 0.6) is 0 Å². The molecule has 0 bridgehead atoms. The van der Waals surface area contributed by atoms with Crippen LogP contribution in [-0.2, 0) is 0 Å². The molecule has 8 aromatic rings. The maximum atomic E-state index is 6.35. The molecule has 7 aromatic carbocycles. The second-order valence-corrected chi connectivity index (χ2v) is 10.6. The highest BCUT2D eigenvalue weighted by molar-refractivity contribution is 6.16. The van der Waals surface area contributed by atoms with Gasteiger partial charge in [-0.15, -0.1) is 0 Å². The largest absolute Gasteiger partial charge is 0.456 e. The van der Waals surface area contributed by atoms with Crippen LogP contribution in [0.4, 0.5) is 17.1 Å². The Balaban J connectivity index is 1.52. The molecule has 0 aliphatic rings. The molecule has 0 radical (unpaired) electrons. The van der Waals surface area contributed by atoms with Gasteiger partial charge in [-0.3, -0.25) is 0 Å². The summed E-state index contributed by atoms with van der Waals surface area (Å²) in [6.07, 6.45) is 0. The van der Waals surface area contributed by atoms with Crippen molar-refractivity contribution in [1.29, 1.82) is 0 Å². The number of hydrogen-bond acceptors (Lipinski definition) is 2. The number of benzene rings is 7. The summed E-state index contributed by atoms with van der Waals surface area (Å²) >= 11 is 0. The van der Waals surface area contributed by atoms with Crippen molar-refractivity contribution in [3.05, 3.63) is 151 Å². The average molecular weight is 526 g/mol. The average Bonchev–Trinajstić information content (AvgIpc) is 3.41. The fraction of sp³-hybridized carbons (Fsp3) is 0.0256. The first-order chi connectivity index (χ1) is 20.3. The smallest absolute Gasteiger partial charge is 0.137 e. The van der Waals surface area contributed by atoms with Crippen molar-refractivity contribution in [1.82, 2.24) is 0 Å². The molecule has 2 nitrogen and oxygen atoms in total. The van der Waals surface area contributed by atoms with Crippen LogP contribution in [0, 0.1) is 6.92 Å². The quantitative estimate of drug-likeness (QED) is 0.227. The van der Waals surface area contributed by atoms with Crippen LogP contribution in [-0.4, -0.2) is 0 Å². The number of aryl methyl sites for hydroxylation is 1. The number of fused-ring (bicyclic) bond motifs is 5. The van der Waals surface area contributed by atoms with Gasteiger partial charge in [0.25, 0.3) is 0 Å². The maximum Gasteiger partial charge on any atom is 0.137 e. The molecular formula is C39H27NO. The second-order valence-electron chi connectivity index (χ2n) is 10.6. The zero-order valence-electron chi connectivity index (χ0n) is 22.7. The number of nitrogens with zero attached hydrogens (tertiary/aromatic N) is 1. The van der Waals surface area contributed by atoms with Gasteiger partial charge >= 0.3 is 0 Å². The molecule has 0 saturated heterocycles. The molecular weight excluding hydrogens is 498 g/mol. The van der Waals surface area contributed by atoms with Crippen molar-refractivity contribution in [2.45, 2.75) is 6.92 Å². The van der Waals surface area contributed by atoms with E-state index in [4.69, 9.17) is 4.42 Å². The summed E-state index contributed by atoms with van der Waals surface area (Å²) in [7, 11) is 0. The van der Waals surface area contributed by atoms with Gasteiger partial charge in [0.2, 0.25) is 0 Å². The van der Waals surface area contributed by atoms with E-state index in [9.17, 15) is 0 Å². The van der Waals surface area contributed by atoms with Crippen LogP contribution in [0.2, 0.25) is 0 Å². The number of rotatable bonds is 4. The van der Waals surface area contributed by atoms with Crippen molar-refractivity contribution < 1.29 is 4.42 Å². The lowest BCUT2D eigenvalue weighted by molar-refractivity contribution is 0.669. The van der Waals surface area contributed by atoms with Crippen molar-refractivity contribution in [3.63, 3.8) is 0 Å². The Kier molecular flexibility index (Phi) is 5.39. The third-order valence-electron chi connectivity index (χ3n) is 8.12. The highest BCUT2D eigenvalue weighted by Crippen LogP contribution is 2.48. The Morgan fingerprint density at radius 3 is 1.93 bits per heavy atom. The van der Waals surface area contributed by atoms with Gasteiger partial charge in [-0.1, -0.05) is 115 Å². The summed E-state index contributed by atoms with van der Waals surface area (Å²) < 4.78 is 6.35. The highest BCUT2D eigenvalue weighted by atomic mass is 16.3. The molecule has 0 atom stereocenters. The molecule has 8 rings (SSSR count). The predicted molar refractivity (Wildman–Crippen MR) is 174 cm³/mol. The van der Waals surface area contributed by atoms with Gasteiger partial charge in [0.1, 0.15) is 11.2 Å². The monoisotopic (exact) mass is 525 g/mol. The molecule has 194 valence electrons. The third kappa shape index (κ3) is 3.80. The van der Waals surface area contributed by atoms with Gasteiger partial charge in [-0.05, 0) is 70.4 Å². The minimum absolute atomic E-state index is 0.883. The second kappa shape index (κ2) is 9.39. The van der Waals surface area contributed by atoms with E-state index >= 15 is 0 Å². The van der Waals surface area contributed by atoms with Crippen LogP contribution < -0.4 is 4.90 Å². The standard InChI is InChI=1S/C39H27NO/c1-26-20-23-29(24-21-26)40(34-17-9-19-37-39(34)33-15-6-7-18-36(33)41-37)35-25-22-28-11-3-5-14-31(28)38(35)32-16-8-12-27-10-2-4-13-30(27)32/h2-25H,1H3. The first kappa shape index (κ1) is 23.5. The van der Waals surface area contributed by atoms with Crippen LogP contribution >= 0.6 is 0 Å². The van der Waals surface area contributed by atoms with Gasteiger partial charge in [0, 0.05) is 16.6 Å². The third-order valence-corrected chi connectivity index (χ3v) is 8.12. The Morgan fingerprint density at radius 2 is 1.10 bits per heavy atom. The van der Waals surface area contributed by atoms with E-state index in [1.807, 2.05) is 12.1 Å². The number of anilines is 3. The first-order valence-corrected chi connectivity index (χ1v) is 14.0. The van der Waals surface area contributed by atoms with Gasteiger partial charge in [-0.25, -0.2) is 0 Å². The molecule has 1 heterocycles. The summed E-state index contributed by atoms with van der Waals surface area (Å²) in [5.41, 5.74) is 8.76. The van der Waals surface area contributed by atoms with Gasteiger partial charge in [0.05, 0.1) is 16.8 Å². The van der Waals surface area contributed by atoms with Crippen molar-refractivity contribution in [2.75, 3.05) is 4.90 Å². The summed E-state index contributed by atoms with van der Waals surface area (Å²) in [6.45, 7) is 2.13. The topological polar surface area (TPSA) is 16.4 Å². The molecule has 0 amide bonds.